The van der Waals surface area contributed by atoms with Gasteiger partial charge in [-0.1, -0.05) is 6.42 Å². The molecule has 11 nitrogen and oxygen atoms in total. The van der Waals surface area contributed by atoms with Crippen LogP contribution in [0.25, 0.3) is 0 Å². The van der Waals surface area contributed by atoms with Crippen LogP contribution in [0.15, 0.2) is 0 Å². The molecular weight excluding hydrogens is 379 g/mol. The summed E-state index contributed by atoms with van der Waals surface area (Å²) in [5.41, 5.74) is 2.35. The third kappa shape index (κ3) is 5.29. The van der Waals surface area contributed by atoms with Gasteiger partial charge in [0.15, 0.2) is 0 Å². The molecule has 0 aromatic rings. The van der Waals surface area contributed by atoms with E-state index in [4.69, 9.17) is 4.84 Å². The molecule has 3 atom stereocenters. The number of nitrogens with one attached hydrogen (secondary N) is 2. The van der Waals surface area contributed by atoms with E-state index in [0.29, 0.717) is 24.5 Å². The van der Waals surface area contributed by atoms with Gasteiger partial charge in [-0.3, -0.25) is 9.63 Å². The van der Waals surface area contributed by atoms with E-state index in [1.54, 1.807) is 0 Å². The maximum atomic E-state index is 12.3. The van der Waals surface area contributed by atoms with E-state index in [1.807, 2.05) is 0 Å². The number of piperidine rings is 2. The van der Waals surface area contributed by atoms with Crippen LogP contribution < -0.4 is 40.4 Å². The molecule has 3 saturated heterocycles. The summed E-state index contributed by atoms with van der Waals surface area (Å²) in [6.45, 7) is 1.38. The number of hydroxylamine groups is 3. The summed E-state index contributed by atoms with van der Waals surface area (Å²) in [4.78, 5) is 30.9. The van der Waals surface area contributed by atoms with Gasteiger partial charge in [-0.2, -0.15) is 9.35 Å². The van der Waals surface area contributed by atoms with Crippen molar-refractivity contribution in [2.75, 3.05) is 19.7 Å². The van der Waals surface area contributed by atoms with Crippen LogP contribution in [0.1, 0.15) is 32.1 Å². The largest absolute Gasteiger partial charge is 1.00 e. The van der Waals surface area contributed by atoms with Gasteiger partial charge in [0.25, 0.3) is 5.91 Å². The second kappa shape index (κ2) is 9.15. The smallest absolute Gasteiger partial charge is 0.724 e. The Balaban J connectivity index is 0.00000243. The Bertz CT molecular complexity index is 628. The Labute approximate surface area is 173 Å². The molecule has 0 spiro atoms. The van der Waals surface area contributed by atoms with Crippen LogP contribution in [0.2, 0.25) is 0 Å². The van der Waals surface area contributed by atoms with Gasteiger partial charge in [-0.15, -0.1) is 0 Å². The van der Waals surface area contributed by atoms with E-state index >= 15 is 0 Å². The number of nitrogens with zero attached hydrogens (tertiary/aromatic N) is 2. The zero-order valence-corrected chi connectivity index (χ0v) is 17.4. The Morgan fingerprint density at radius 3 is 2.73 bits per heavy atom. The first kappa shape index (κ1) is 21.8. The van der Waals surface area contributed by atoms with Crippen molar-refractivity contribution in [1.29, 1.82) is 0 Å². The maximum Gasteiger partial charge on any atom is 1.00 e. The first-order chi connectivity index (χ1) is 11.8. The molecule has 0 radical (unpaired) electrons. The van der Waals surface area contributed by atoms with E-state index in [-0.39, 0.29) is 42.1 Å². The van der Waals surface area contributed by atoms with Crippen molar-refractivity contribution >= 4 is 22.3 Å². The van der Waals surface area contributed by atoms with E-state index in [2.05, 4.69) is 15.1 Å². The van der Waals surface area contributed by atoms with Crippen molar-refractivity contribution < 1.29 is 61.2 Å². The fourth-order valence-corrected chi connectivity index (χ4v) is 3.83. The molecule has 0 saturated carbocycles. The van der Waals surface area contributed by atoms with Crippen LogP contribution >= 0.6 is 0 Å². The van der Waals surface area contributed by atoms with Crippen molar-refractivity contribution in [1.82, 2.24) is 20.8 Å². The minimum Gasteiger partial charge on any atom is -0.724 e. The van der Waals surface area contributed by atoms with Gasteiger partial charge in [0.1, 0.15) is 6.04 Å². The second-order valence-corrected chi connectivity index (χ2v) is 7.38. The van der Waals surface area contributed by atoms with Crippen LogP contribution in [0, 0.1) is 0 Å². The quantitative estimate of drug-likeness (QED) is 0.198. The molecule has 2 bridgehead atoms. The maximum absolute atomic E-state index is 12.3. The first-order valence-electron chi connectivity index (χ1n) is 8.25. The van der Waals surface area contributed by atoms with Crippen molar-refractivity contribution in [2.24, 2.45) is 0 Å². The van der Waals surface area contributed by atoms with E-state index in [0.717, 1.165) is 25.8 Å². The zero-order valence-electron chi connectivity index (χ0n) is 14.5. The van der Waals surface area contributed by atoms with Crippen molar-refractivity contribution in [3.8, 4) is 0 Å². The molecule has 0 aliphatic carbocycles. The Kier molecular flexibility index (Phi) is 7.68. The summed E-state index contributed by atoms with van der Waals surface area (Å²) in [6.07, 6.45) is 3.88. The van der Waals surface area contributed by atoms with Crippen LogP contribution in [0.3, 0.4) is 0 Å². The molecule has 26 heavy (non-hydrogen) atoms. The van der Waals surface area contributed by atoms with Gasteiger partial charge in [-0.25, -0.2) is 18.7 Å². The molecule has 2 N–H and O–H groups in total. The first-order valence-corrected chi connectivity index (χ1v) is 9.59. The van der Waals surface area contributed by atoms with Crippen LogP contribution in [-0.2, 0) is 24.3 Å². The van der Waals surface area contributed by atoms with Crippen molar-refractivity contribution in [3.63, 3.8) is 0 Å². The minimum absolute atomic E-state index is 0. The average Bonchev–Trinajstić information content (AvgIpc) is 2.79. The van der Waals surface area contributed by atoms with Gasteiger partial charge < -0.3 is 14.8 Å². The van der Waals surface area contributed by atoms with E-state index in [9.17, 15) is 22.6 Å². The fourth-order valence-electron chi connectivity index (χ4n) is 3.45. The molecule has 3 heterocycles. The molecule has 13 heteroatoms. The third-order valence-electron chi connectivity index (χ3n) is 4.67. The molecule has 3 aliphatic heterocycles. The number of fused-ring (bicyclic) bond motifs is 2. The van der Waals surface area contributed by atoms with Gasteiger partial charge in [0, 0.05) is 12.6 Å². The molecule has 0 aromatic heterocycles. The summed E-state index contributed by atoms with van der Waals surface area (Å²) in [6, 6.07) is -1.97. The number of hydrogen-bond donors (Lipinski definition) is 2. The van der Waals surface area contributed by atoms with Gasteiger partial charge in [-0.05, 0) is 32.2 Å². The normalized spacial score (nSPS) is 28.7. The number of hydrogen-bond acceptors (Lipinski definition) is 8. The van der Waals surface area contributed by atoms with E-state index < -0.39 is 34.4 Å². The van der Waals surface area contributed by atoms with Gasteiger partial charge >= 0.3 is 35.6 Å². The summed E-state index contributed by atoms with van der Waals surface area (Å²) in [7, 11) is -5.05. The predicted octanol–water partition coefficient (Wildman–Crippen LogP) is -4.16. The number of amides is 3. The molecular formula is C13H21N4NaO7S. The molecule has 142 valence electrons. The van der Waals surface area contributed by atoms with Crippen LogP contribution in [0.5, 0.6) is 0 Å². The standard InChI is InChI=1S/C13H22N4O7S.Na/c18-12(15-23-8-9-3-1-2-6-14-9)11-5-4-10-7-16(11)13(19)17(10)24-25(20,21)22;/h9-11,14H,1-8H2,(H,15,18)(H,20,21,22);/q;+1/p-1/t9-,10+,11-;/m0./s1. The summed E-state index contributed by atoms with van der Waals surface area (Å²) in [5, 5.41) is 3.83. The van der Waals surface area contributed by atoms with Crippen molar-refractivity contribution in [3.05, 3.63) is 0 Å². The second-order valence-electron chi connectivity index (χ2n) is 6.41. The van der Waals surface area contributed by atoms with Gasteiger partial charge in [0.05, 0.1) is 12.6 Å². The Morgan fingerprint density at radius 1 is 1.31 bits per heavy atom. The Morgan fingerprint density at radius 2 is 2.08 bits per heavy atom. The number of carbonyl (C=O) groups is 2. The Hall–Kier alpha value is -0.470. The summed E-state index contributed by atoms with van der Waals surface area (Å²) in [5.74, 6) is -0.477. The molecule has 3 rings (SSSR count). The van der Waals surface area contributed by atoms with Crippen molar-refractivity contribution in [2.45, 2.75) is 50.2 Å². The third-order valence-corrected chi connectivity index (χ3v) is 5.01. The molecule has 0 aromatic carbocycles. The molecule has 0 unspecified atom stereocenters. The average molecular weight is 400 g/mol. The molecule has 3 aliphatic rings. The monoisotopic (exact) mass is 400 g/mol. The zero-order chi connectivity index (χ0) is 18.0. The predicted molar refractivity (Wildman–Crippen MR) is 81.3 cm³/mol. The van der Waals surface area contributed by atoms with Crippen LogP contribution in [0.4, 0.5) is 4.79 Å². The number of rotatable bonds is 6. The summed E-state index contributed by atoms with van der Waals surface area (Å²) < 4.78 is 36.4. The number of carbonyl (C=O) groups excluding carboxylic acids is 2. The minimum atomic E-state index is -5.05. The molecule has 3 fully saturated rings. The summed E-state index contributed by atoms with van der Waals surface area (Å²) >= 11 is 0. The fraction of sp³-hybridized carbons (Fsp3) is 0.846. The molecule has 3 amide bonds. The van der Waals surface area contributed by atoms with E-state index in [1.165, 1.54) is 4.90 Å². The van der Waals surface area contributed by atoms with Crippen LogP contribution in [-0.4, -0.2) is 72.7 Å². The topological polar surface area (TPSA) is 140 Å². The number of urea groups is 1. The van der Waals surface area contributed by atoms with Gasteiger partial charge in [0.2, 0.25) is 10.4 Å². The SMILES string of the molecule is O=C(NOC[C@@H]1CCCCN1)[C@@H]1CC[C@@H]2CN1C(=O)N2OS(=O)(=O)[O-].[Na+].